The summed E-state index contributed by atoms with van der Waals surface area (Å²) < 4.78 is 5.42. The summed E-state index contributed by atoms with van der Waals surface area (Å²) in [6.45, 7) is 8.01. The van der Waals surface area contributed by atoms with Gasteiger partial charge in [-0.2, -0.15) is 0 Å². The van der Waals surface area contributed by atoms with Crippen molar-refractivity contribution < 1.29 is 9.53 Å². The van der Waals surface area contributed by atoms with Gasteiger partial charge in [0.05, 0.1) is 0 Å². The lowest BCUT2D eigenvalue weighted by Gasteiger charge is -2.28. The highest BCUT2D eigenvalue weighted by atomic mass is 16.6. The summed E-state index contributed by atoms with van der Waals surface area (Å²) in [5.41, 5.74) is 5.69. The quantitative estimate of drug-likeness (QED) is 0.762. The van der Waals surface area contributed by atoms with Crippen LogP contribution in [0.1, 0.15) is 40.0 Å². The van der Waals surface area contributed by atoms with Crippen molar-refractivity contribution in [2.45, 2.75) is 45.6 Å². The Kier molecular flexibility index (Phi) is 3.10. The largest absolute Gasteiger partial charge is 0.444 e. The molecule has 2 unspecified atom stereocenters. The minimum atomic E-state index is -0.412. The molecule has 1 saturated carbocycles. The number of hydrogen-bond acceptors (Lipinski definition) is 3. The molecule has 0 aromatic rings. The number of hydrogen-bond donors (Lipinski definition) is 1. The van der Waals surface area contributed by atoms with E-state index in [1.165, 1.54) is 12.8 Å². The molecule has 1 aliphatic carbocycles. The van der Waals surface area contributed by atoms with Gasteiger partial charge in [-0.25, -0.2) is 4.79 Å². The van der Waals surface area contributed by atoms with Crippen LogP contribution in [0.15, 0.2) is 0 Å². The molecule has 1 amide bonds. The predicted octanol–water partition coefficient (Wildman–Crippen LogP) is 1.98. The fraction of sp³-hybridized carbons (Fsp3) is 0.923. The van der Waals surface area contributed by atoms with Crippen molar-refractivity contribution in [3.63, 3.8) is 0 Å². The lowest BCUT2D eigenvalue weighted by atomic mass is 9.81. The molecule has 4 heteroatoms. The first kappa shape index (κ1) is 12.7. The first-order chi connectivity index (χ1) is 7.86. The third kappa shape index (κ3) is 2.41. The van der Waals surface area contributed by atoms with Crippen molar-refractivity contribution >= 4 is 6.09 Å². The molecule has 2 fully saturated rings. The third-order valence-electron chi connectivity index (χ3n) is 4.10. The van der Waals surface area contributed by atoms with Crippen LogP contribution in [0, 0.1) is 11.3 Å². The standard InChI is InChI=1S/C13H24N2O2/c1-12(2,3)17-11(16)15-7-10-5-4-6-13(10,8-14)9-15/h10H,4-9,14H2,1-3H3. The van der Waals surface area contributed by atoms with E-state index < -0.39 is 5.60 Å². The molecule has 0 spiro atoms. The molecule has 1 aliphatic heterocycles. The molecule has 17 heavy (non-hydrogen) atoms. The van der Waals surface area contributed by atoms with Crippen LogP contribution >= 0.6 is 0 Å². The molecule has 1 saturated heterocycles. The fourth-order valence-electron chi connectivity index (χ4n) is 3.21. The molecule has 2 rings (SSSR count). The Morgan fingerprint density at radius 1 is 1.53 bits per heavy atom. The van der Waals surface area contributed by atoms with Gasteiger partial charge in [0.2, 0.25) is 0 Å². The normalized spacial score (nSPS) is 32.7. The minimum Gasteiger partial charge on any atom is -0.444 e. The number of nitrogens with zero attached hydrogens (tertiary/aromatic N) is 1. The van der Waals surface area contributed by atoms with Gasteiger partial charge in [0.1, 0.15) is 5.60 Å². The highest BCUT2D eigenvalue weighted by Crippen LogP contribution is 2.48. The van der Waals surface area contributed by atoms with E-state index in [1.807, 2.05) is 25.7 Å². The van der Waals surface area contributed by atoms with Gasteiger partial charge in [-0.1, -0.05) is 6.42 Å². The van der Waals surface area contributed by atoms with E-state index in [9.17, 15) is 4.79 Å². The van der Waals surface area contributed by atoms with E-state index in [0.717, 1.165) is 19.5 Å². The third-order valence-corrected chi connectivity index (χ3v) is 4.10. The Morgan fingerprint density at radius 3 is 2.76 bits per heavy atom. The number of likely N-dealkylation sites (tertiary alicyclic amines) is 1. The Morgan fingerprint density at radius 2 is 2.24 bits per heavy atom. The monoisotopic (exact) mass is 240 g/mol. The van der Waals surface area contributed by atoms with E-state index in [4.69, 9.17) is 10.5 Å². The smallest absolute Gasteiger partial charge is 0.410 e. The van der Waals surface area contributed by atoms with Crippen LogP contribution in [0.3, 0.4) is 0 Å². The van der Waals surface area contributed by atoms with Crippen LogP contribution in [0.2, 0.25) is 0 Å². The molecule has 0 radical (unpaired) electrons. The number of amides is 1. The lowest BCUT2D eigenvalue weighted by molar-refractivity contribution is 0.0269. The van der Waals surface area contributed by atoms with Gasteiger partial charge in [-0.3, -0.25) is 0 Å². The van der Waals surface area contributed by atoms with Crippen LogP contribution in [-0.4, -0.2) is 36.2 Å². The van der Waals surface area contributed by atoms with Crippen LogP contribution < -0.4 is 5.73 Å². The lowest BCUT2D eigenvalue weighted by Crippen LogP contribution is -2.39. The first-order valence-corrected chi connectivity index (χ1v) is 6.54. The van der Waals surface area contributed by atoms with E-state index in [1.54, 1.807) is 0 Å². The van der Waals surface area contributed by atoms with E-state index in [2.05, 4.69) is 0 Å². The highest BCUT2D eigenvalue weighted by Gasteiger charge is 2.50. The van der Waals surface area contributed by atoms with Crippen molar-refractivity contribution in [1.29, 1.82) is 0 Å². The summed E-state index contributed by atoms with van der Waals surface area (Å²) in [6.07, 6.45) is 3.44. The zero-order valence-electron chi connectivity index (χ0n) is 11.2. The number of ether oxygens (including phenoxy) is 1. The summed E-state index contributed by atoms with van der Waals surface area (Å²) in [5, 5.41) is 0. The van der Waals surface area contributed by atoms with Crippen molar-refractivity contribution in [3.8, 4) is 0 Å². The maximum Gasteiger partial charge on any atom is 0.410 e. The molecular formula is C13H24N2O2. The zero-order valence-corrected chi connectivity index (χ0v) is 11.2. The average molecular weight is 240 g/mol. The second kappa shape index (κ2) is 4.16. The number of carbonyl (C=O) groups is 1. The maximum atomic E-state index is 12.0. The number of carbonyl (C=O) groups excluding carboxylic acids is 1. The molecule has 2 atom stereocenters. The highest BCUT2D eigenvalue weighted by molar-refractivity contribution is 5.68. The number of nitrogens with two attached hydrogens (primary N) is 1. The molecule has 0 aromatic heterocycles. The molecular weight excluding hydrogens is 216 g/mol. The van der Waals surface area contributed by atoms with Crippen molar-refractivity contribution in [3.05, 3.63) is 0 Å². The Balaban J connectivity index is 2.00. The van der Waals surface area contributed by atoms with Crippen LogP contribution in [0.4, 0.5) is 4.79 Å². The second-order valence-electron chi connectivity index (χ2n) is 6.52. The van der Waals surface area contributed by atoms with Gasteiger partial charge in [0.15, 0.2) is 0 Å². The van der Waals surface area contributed by atoms with E-state index >= 15 is 0 Å². The molecule has 0 aromatic carbocycles. The van der Waals surface area contributed by atoms with Crippen LogP contribution in [-0.2, 0) is 4.74 Å². The Hall–Kier alpha value is -0.770. The zero-order chi connectivity index (χ0) is 12.7. The summed E-state index contributed by atoms with van der Waals surface area (Å²) in [4.78, 5) is 13.9. The molecule has 0 bridgehead atoms. The average Bonchev–Trinajstić information content (AvgIpc) is 2.70. The van der Waals surface area contributed by atoms with E-state index in [0.29, 0.717) is 12.5 Å². The maximum absolute atomic E-state index is 12.0. The van der Waals surface area contributed by atoms with Gasteiger partial charge >= 0.3 is 6.09 Å². The van der Waals surface area contributed by atoms with E-state index in [-0.39, 0.29) is 11.5 Å². The first-order valence-electron chi connectivity index (χ1n) is 6.54. The van der Waals surface area contributed by atoms with Crippen LogP contribution in [0.25, 0.3) is 0 Å². The summed E-state index contributed by atoms with van der Waals surface area (Å²) >= 11 is 0. The SMILES string of the molecule is CC(C)(C)OC(=O)N1CC2CCCC2(CN)C1. The van der Waals surface area contributed by atoms with Gasteiger partial charge in [0, 0.05) is 18.5 Å². The molecule has 2 N–H and O–H groups in total. The topological polar surface area (TPSA) is 55.6 Å². The number of rotatable bonds is 1. The number of fused-ring (bicyclic) bond motifs is 1. The summed E-state index contributed by atoms with van der Waals surface area (Å²) in [7, 11) is 0. The Labute approximate surface area is 103 Å². The van der Waals surface area contributed by atoms with Crippen molar-refractivity contribution in [2.24, 2.45) is 17.1 Å². The van der Waals surface area contributed by atoms with Crippen LogP contribution in [0.5, 0.6) is 0 Å². The summed E-state index contributed by atoms with van der Waals surface area (Å²) in [5.74, 6) is 0.583. The minimum absolute atomic E-state index is 0.177. The van der Waals surface area contributed by atoms with Gasteiger partial charge < -0.3 is 15.4 Å². The molecule has 4 nitrogen and oxygen atoms in total. The second-order valence-corrected chi connectivity index (χ2v) is 6.52. The van der Waals surface area contributed by atoms with Gasteiger partial charge in [-0.05, 0) is 46.1 Å². The van der Waals surface area contributed by atoms with Crippen molar-refractivity contribution in [2.75, 3.05) is 19.6 Å². The molecule has 1 heterocycles. The predicted molar refractivity (Wildman–Crippen MR) is 66.6 cm³/mol. The van der Waals surface area contributed by atoms with Gasteiger partial charge in [0.25, 0.3) is 0 Å². The molecule has 2 aliphatic rings. The Bertz CT molecular complexity index is 311. The van der Waals surface area contributed by atoms with Crippen molar-refractivity contribution in [1.82, 2.24) is 4.90 Å². The molecule has 98 valence electrons. The summed E-state index contributed by atoms with van der Waals surface area (Å²) in [6, 6.07) is 0. The van der Waals surface area contributed by atoms with Gasteiger partial charge in [-0.15, -0.1) is 0 Å². The fourth-order valence-corrected chi connectivity index (χ4v) is 3.21.